The van der Waals surface area contributed by atoms with Gasteiger partial charge in [0.25, 0.3) is 5.91 Å². The van der Waals surface area contributed by atoms with Crippen LogP contribution >= 0.6 is 23.2 Å². The van der Waals surface area contributed by atoms with E-state index in [9.17, 15) is 9.18 Å². The van der Waals surface area contributed by atoms with Gasteiger partial charge in [0, 0.05) is 18.7 Å². The van der Waals surface area contributed by atoms with Crippen LogP contribution in [0.15, 0.2) is 12.1 Å². The molecule has 5 nitrogen and oxygen atoms in total. The van der Waals surface area contributed by atoms with Gasteiger partial charge in [-0.1, -0.05) is 23.2 Å². The molecule has 0 spiro atoms. The predicted molar refractivity (Wildman–Crippen MR) is 77.9 cm³/mol. The van der Waals surface area contributed by atoms with Crippen molar-refractivity contribution in [1.82, 2.24) is 15.1 Å². The lowest BCUT2D eigenvalue weighted by Crippen LogP contribution is -2.30. The van der Waals surface area contributed by atoms with Crippen molar-refractivity contribution in [3.63, 3.8) is 0 Å². The molecule has 110 valence electrons. The summed E-state index contributed by atoms with van der Waals surface area (Å²) in [5.41, 5.74) is 7.31. The van der Waals surface area contributed by atoms with Crippen LogP contribution in [0.3, 0.4) is 0 Å². The van der Waals surface area contributed by atoms with Crippen LogP contribution in [0.5, 0.6) is 0 Å². The molecule has 1 aromatic carbocycles. The maximum Gasteiger partial charge on any atom is 0.252 e. The first-order valence-corrected chi connectivity index (χ1v) is 6.99. The third kappa shape index (κ3) is 2.39. The number of amides is 1. The van der Waals surface area contributed by atoms with Gasteiger partial charge in [0.2, 0.25) is 0 Å². The highest BCUT2D eigenvalue weighted by molar-refractivity contribution is 6.35. The summed E-state index contributed by atoms with van der Waals surface area (Å²) in [7, 11) is 0. The Balaban J connectivity index is 2.23. The summed E-state index contributed by atoms with van der Waals surface area (Å²) >= 11 is 11.6. The highest BCUT2D eigenvalue weighted by Gasteiger charge is 2.25. The Hall–Kier alpha value is -1.63. The number of nitrogens with one attached hydrogen (secondary N) is 1. The first kappa shape index (κ1) is 14.3. The van der Waals surface area contributed by atoms with Crippen LogP contribution < -0.4 is 11.1 Å². The minimum absolute atomic E-state index is 0.128. The van der Waals surface area contributed by atoms with Crippen LogP contribution in [0, 0.1) is 5.82 Å². The maximum absolute atomic E-state index is 13.5. The quantitative estimate of drug-likeness (QED) is 0.830. The maximum atomic E-state index is 13.5. The SMILES string of the molecule is NC(=O)c1c(-c2cc(Cl)c(F)c(Cl)c2)nn2c1CNCC2. The summed E-state index contributed by atoms with van der Waals surface area (Å²) in [6.45, 7) is 1.86. The van der Waals surface area contributed by atoms with Gasteiger partial charge < -0.3 is 11.1 Å². The number of fused-ring (bicyclic) bond motifs is 1. The fourth-order valence-corrected chi connectivity index (χ4v) is 2.89. The molecule has 0 aliphatic carbocycles. The van der Waals surface area contributed by atoms with Crippen molar-refractivity contribution in [1.29, 1.82) is 0 Å². The number of hydrogen-bond acceptors (Lipinski definition) is 3. The van der Waals surface area contributed by atoms with Crippen LogP contribution in [0.4, 0.5) is 4.39 Å². The van der Waals surface area contributed by atoms with E-state index in [1.54, 1.807) is 4.68 Å². The van der Waals surface area contributed by atoms with Crippen LogP contribution in [0.1, 0.15) is 16.1 Å². The normalized spacial score (nSPS) is 14.0. The van der Waals surface area contributed by atoms with Crippen LogP contribution in [0.25, 0.3) is 11.3 Å². The third-order valence-electron chi connectivity index (χ3n) is 3.35. The Morgan fingerprint density at radius 2 is 2.05 bits per heavy atom. The monoisotopic (exact) mass is 328 g/mol. The Kier molecular flexibility index (Phi) is 3.61. The predicted octanol–water partition coefficient (Wildman–Crippen LogP) is 2.20. The minimum atomic E-state index is -0.701. The lowest BCUT2D eigenvalue weighted by molar-refractivity contribution is 0.0999. The van der Waals surface area contributed by atoms with Gasteiger partial charge >= 0.3 is 0 Å². The van der Waals surface area contributed by atoms with Crippen molar-refractivity contribution in [3.8, 4) is 11.3 Å². The van der Waals surface area contributed by atoms with Gasteiger partial charge in [0.15, 0.2) is 5.82 Å². The molecule has 1 amide bonds. The minimum Gasteiger partial charge on any atom is -0.365 e. The van der Waals surface area contributed by atoms with Gasteiger partial charge in [-0.15, -0.1) is 0 Å². The van der Waals surface area contributed by atoms with Crippen LogP contribution in [-0.2, 0) is 13.1 Å². The lowest BCUT2D eigenvalue weighted by atomic mass is 10.0. The fourth-order valence-electron chi connectivity index (χ4n) is 2.41. The van der Waals surface area contributed by atoms with Crippen molar-refractivity contribution in [2.24, 2.45) is 5.73 Å². The summed E-state index contributed by atoms with van der Waals surface area (Å²) in [5, 5.41) is 7.29. The topological polar surface area (TPSA) is 72.9 Å². The van der Waals surface area contributed by atoms with E-state index < -0.39 is 11.7 Å². The summed E-state index contributed by atoms with van der Waals surface area (Å²) in [6, 6.07) is 2.77. The van der Waals surface area contributed by atoms with Crippen molar-refractivity contribution in [2.75, 3.05) is 6.54 Å². The zero-order valence-electron chi connectivity index (χ0n) is 10.8. The number of aromatic nitrogens is 2. The van der Waals surface area contributed by atoms with E-state index in [0.717, 1.165) is 6.54 Å². The first-order valence-electron chi connectivity index (χ1n) is 6.24. The number of nitrogens with zero attached hydrogens (tertiary/aromatic N) is 2. The molecule has 0 bridgehead atoms. The van der Waals surface area contributed by atoms with E-state index in [1.165, 1.54) is 12.1 Å². The molecule has 1 aromatic heterocycles. The average Bonchev–Trinajstić information content (AvgIpc) is 2.83. The highest BCUT2D eigenvalue weighted by atomic mass is 35.5. The summed E-state index contributed by atoms with van der Waals surface area (Å²) in [5.74, 6) is -1.29. The molecule has 21 heavy (non-hydrogen) atoms. The number of halogens is 3. The zero-order chi connectivity index (χ0) is 15.1. The van der Waals surface area contributed by atoms with Crippen LogP contribution in [-0.4, -0.2) is 22.2 Å². The smallest absolute Gasteiger partial charge is 0.252 e. The molecule has 1 aliphatic rings. The van der Waals surface area contributed by atoms with Crippen molar-refractivity contribution < 1.29 is 9.18 Å². The molecule has 8 heteroatoms. The molecular weight excluding hydrogens is 318 g/mol. The van der Waals surface area contributed by atoms with Crippen molar-refractivity contribution in [2.45, 2.75) is 13.1 Å². The molecule has 2 heterocycles. The number of carbonyl (C=O) groups excluding carboxylic acids is 1. The molecule has 0 saturated heterocycles. The number of nitrogens with two attached hydrogens (primary N) is 1. The Morgan fingerprint density at radius 3 is 2.67 bits per heavy atom. The second-order valence-electron chi connectivity index (χ2n) is 4.69. The lowest BCUT2D eigenvalue weighted by Gasteiger charge is -2.15. The summed E-state index contributed by atoms with van der Waals surface area (Å²) in [4.78, 5) is 11.8. The molecule has 3 rings (SSSR count). The van der Waals surface area contributed by atoms with E-state index in [0.29, 0.717) is 35.6 Å². The molecule has 0 atom stereocenters. The Bertz CT molecular complexity index is 721. The van der Waals surface area contributed by atoms with Crippen molar-refractivity contribution >= 4 is 29.1 Å². The summed E-state index contributed by atoms with van der Waals surface area (Å²) < 4.78 is 15.2. The van der Waals surface area contributed by atoms with E-state index >= 15 is 0 Å². The molecule has 1 aliphatic heterocycles. The molecule has 0 unspecified atom stereocenters. The molecular formula is C13H11Cl2FN4O. The zero-order valence-corrected chi connectivity index (χ0v) is 12.3. The second kappa shape index (κ2) is 5.29. The number of primary amides is 1. The van der Waals surface area contributed by atoms with E-state index in [1.807, 2.05) is 0 Å². The van der Waals surface area contributed by atoms with Crippen LogP contribution in [0.2, 0.25) is 10.0 Å². The average molecular weight is 329 g/mol. The van der Waals surface area contributed by atoms with Gasteiger partial charge in [-0.25, -0.2) is 4.39 Å². The van der Waals surface area contributed by atoms with Gasteiger partial charge in [-0.2, -0.15) is 5.10 Å². The van der Waals surface area contributed by atoms with E-state index in [-0.39, 0.29) is 10.0 Å². The largest absolute Gasteiger partial charge is 0.365 e. The number of hydrogen-bond donors (Lipinski definition) is 2. The Morgan fingerprint density at radius 1 is 1.38 bits per heavy atom. The number of carbonyl (C=O) groups is 1. The summed E-state index contributed by atoms with van der Waals surface area (Å²) in [6.07, 6.45) is 0. The van der Waals surface area contributed by atoms with Gasteiger partial charge in [0.05, 0.1) is 27.8 Å². The fraction of sp³-hybridized carbons (Fsp3) is 0.231. The van der Waals surface area contributed by atoms with Gasteiger partial charge in [-0.05, 0) is 12.1 Å². The highest BCUT2D eigenvalue weighted by Crippen LogP contribution is 2.33. The number of benzene rings is 1. The first-order chi connectivity index (χ1) is 9.99. The standard InChI is InChI=1S/C13H11Cl2FN4O/c14-7-3-6(4-8(15)11(7)16)12-10(13(17)21)9-5-18-1-2-20(9)19-12/h3-4,18H,1-2,5H2,(H2,17,21). The van der Waals surface area contributed by atoms with Gasteiger partial charge in [-0.3, -0.25) is 9.48 Å². The van der Waals surface area contributed by atoms with Crippen molar-refractivity contribution in [3.05, 3.63) is 39.3 Å². The molecule has 0 fully saturated rings. The molecule has 3 N–H and O–H groups in total. The molecule has 0 saturated carbocycles. The molecule has 0 radical (unpaired) electrons. The molecule has 2 aromatic rings. The second-order valence-corrected chi connectivity index (χ2v) is 5.50. The van der Waals surface area contributed by atoms with E-state index in [4.69, 9.17) is 28.9 Å². The van der Waals surface area contributed by atoms with E-state index in [2.05, 4.69) is 10.4 Å². The third-order valence-corrected chi connectivity index (χ3v) is 3.90. The number of rotatable bonds is 2. The Labute approximate surface area is 129 Å². The van der Waals surface area contributed by atoms with Gasteiger partial charge in [0.1, 0.15) is 5.69 Å².